The number of para-hydroxylation sites is 1. The lowest BCUT2D eigenvalue weighted by Gasteiger charge is -2.23. The molecule has 158 valence electrons. The van der Waals surface area contributed by atoms with Crippen molar-refractivity contribution in [1.82, 2.24) is 4.98 Å². The van der Waals surface area contributed by atoms with Crippen LogP contribution in [0.25, 0.3) is 22.6 Å². The SMILES string of the molecule is COc1ccc(/C=C2\CCCc3c2nc2ccccc2c3C(=O)O[C@H](C)C(N)=O)cc1. The van der Waals surface area contributed by atoms with Crippen molar-refractivity contribution in [3.8, 4) is 5.75 Å². The van der Waals surface area contributed by atoms with Crippen molar-refractivity contribution in [2.45, 2.75) is 32.3 Å². The van der Waals surface area contributed by atoms with E-state index < -0.39 is 18.0 Å². The molecule has 1 aliphatic carbocycles. The molecule has 1 aromatic heterocycles. The number of ether oxygens (including phenoxy) is 2. The Morgan fingerprint density at radius 3 is 2.55 bits per heavy atom. The molecular weight excluding hydrogens is 392 g/mol. The third-order valence-corrected chi connectivity index (χ3v) is 5.52. The van der Waals surface area contributed by atoms with Crippen LogP contribution in [0.2, 0.25) is 0 Å². The van der Waals surface area contributed by atoms with Crippen LogP contribution in [0.4, 0.5) is 0 Å². The van der Waals surface area contributed by atoms with Gasteiger partial charge in [-0.3, -0.25) is 4.79 Å². The molecule has 4 rings (SSSR count). The predicted octanol–water partition coefficient (Wildman–Crippen LogP) is 4.15. The number of esters is 1. The number of carbonyl (C=O) groups excluding carboxylic acids is 2. The van der Waals surface area contributed by atoms with E-state index in [-0.39, 0.29) is 0 Å². The molecule has 2 N–H and O–H groups in total. The Morgan fingerprint density at radius 1 is 1.10 bits per heavy atom. The molecule has 1 atom stereocenters. The third kappa shape index (κ3) is 4.14. The lowest BCUT2D eigenvalue weighted by Crippen LogP contribution is -2.31. The van der Waals surface area contributed by atoms with Gasteiger partial charge in [-0.2, -0.15) is 0 Å². The molecule has 3 aromatic rings. The summed E-state index contributed by atoms with van der Waals surface area (Å²) in [6, 6.07) is 15.3. The number of nitrogens with two attached hydrogens (primary N) is 1. The molecule has 0 spiro atoms. The Morgan fingerprint density at radius 2 is 1.84 bits per heavy atom. The summed E-state index contributed by atoms with van der Waals surface area (Å²) < 4.78 is 10.6. The number of aromatic nitrogens is 1. The van der Waals surface area contributed by atoms with E-state index in [9.17, 15) is 9.59 Å². The second kappa shape index (κ2) is 8.60. The number of allylic oxidation sites excluding steroid dienone is 1. The number of benzene rings is 2. The first-order chi connectivity index (χ1) is 15.0. The van der Waals surface area contributed by atoms with E-state index in [2.05, 4.69) is 6.08 Å². The highest BCUT2D eigenvalue weighted by molar-refractivity contribution is 6.07. The lowest BCUT2D eigenvalue weighted by atomic mass is 9.86. The van der Waals surface area contributed by atoms with E-state index >= 15 is 0 Å². The molecule has 0 saturated carbocycles. The first kappa shape index (κ1) is 20.6. The topological polar surface area (TPSA) is 91.5 Å². The van der Waals surface area contributed by atoms with Crippen molar-refractivity contribution in [3.05, 3.63) is 70.9 Å². The summed E-state index contributed by atoms with van der Waals surface area (Å²) in [5.74, 6) is -0.434. The monoisotopic (exact) mass is 416 g/mol. The average molecular weight is 416 g/mol. The number of methoxy groups -OCH3 is 1. The largest absolute Gasteiger partial charge is 0.497 e. The minimum Gasteiger partial charge on any atom is -0.497 e. The molecule has 6 nitrogen and oxygen atoms in total. The summed E-state index contributed by atoms with van der Waals surface area (Å²) in [7, 11) is 1.64. The van der Waals surface area contributed by atoms with Crippen molar-refractivity contribution in [2.75, 3.05) is 7.11 Å². The number of hydrogen-bond donors (Lipinski definition) is 1. The van der Waals surface area contributed by atoms with Crippen molar-refractivity contribution in [3.63, 3.8) is 0 Å². The number of amides is 1. The van der Waals surface area contributed by atoms with Crippen LogP contribution in [0.3, 0.4) is 0 Å². The van der Waals surface area contributed by atoms with Crippen LogP contribution in [-0.2, 0) is 16.0 Å². The Bertz CT molecular complexity index is 1180. The number of carbonyl (C=O) groups is 2. The number of rotatable bonds is 5. The van der Waals surface area contributed by atoms with Gasteiger partial charge in [-0.1, -0.05) is 30.3 Å². The number of hydrogen-bond acceptors (Lipinski definition) is 5. The van der Waals surface area contributed by atoms with E-state index in [1.165, 1.54) is 6.92 Å². The van der Waals surface area contributed by atoms with Crippen LogP contribution in [0.1, 0.15) is 46.9 Å². The summed E-state index contributed by atoms with van der Waals surface area (Å²) in [5, 5.41) is 0.716. The third-order valence-electron chi connectivity index (χ3n) is 5.52. The van der Waals surface area contributed by atoms with E-state index in [1.807, 2.05) is 48.5 Å². The van der Waals surface area contributed by atoms with Crippen molar-refractivity contribution >= 4 is 34.4 Å². The predicted molar refractivity (Wildman–Crippen MR) is 120 cm³/mol. The van der Waals surface area contributed by atoms with Gasteiger partial charge in [0.2, 0.25) is 0 Å². The standard InChI is InChI=1S/C25H24N2O4/c1-15(24(26)28)31-25(29)22-19-7-3-4-9-21(19)27-23-17(6-5-8-20(22)23)14-16-10-12-18(30-2)13-11-16/h3-4,7,9-15H,5-6,8H2,1-2H3,(H2,26,28)/b17-14+/t15-/m1/s1. The van der Waals surface area contributed by atoms with Crippen LogP contribution in [0.15, 0.2) is 48.5 Å². The van der Waals surface area contributed by atoms with Crippen molar-refractivity contribution in [1.29, 1.82) is 0 Å². The molecule has 0 unspecified atom stereocenters. The molecule has 0 saturated heterocycles. The summed E-state index contributed by atoms with van der Waals surface area (Å²) in [6.45, 7) is 1.48. The molecule has 1 heterocycles. The second-order valence-electron chi connectivity index (χ2n) is 7.58. The summed E-state index contributed by atoms with van der Waals surface area (Å²) in [5.41, 5.74) is 10.2. The minimum atomic E-state index is -1.01. The van der Waals surface area contributed by atoms with Gasteiger partial charge in [0.25, 0.3) is 5.91 Å². The first-order valence-electron chi connectivity index (χ1n) is 10.2. The van der Waals surface area contributed by atoms with E-state index in [0.717, 1.165) is 41.0 Å². The van der Waals surface area contributed by atoms with E-state index in [1.54, 1.807) is 7.11 Å². The first-order valence-corrected chi connectivity index (χ1v) is 10.2. The molecule has 1 amide bonds. The minimum absolute atomic E-state index is 0.467. The van der Waals surface area contributed by atoms with E-state index in [0.29, 0.717) is 22.9 Å². The number of primary amides is 1. The van der Waals surface area contributed by atoms with Gasteiger partial charge in [0, 0.05) is 5.39 Å². The highest BCUT2D eigenvalue weighted by atomic mass is 16.5. The second-order valence-corrected chi connectivity index (χ2v) is 7.58. The highest BCUT2D eigenvalue weighted by Gasteiger charge is 2.27. The van der Waals surface area contributed by atoms with Crippen molar-refractivity contribution in [2.24, 2.45) is 5.73 Å². The van der Waals surface area contributed by atoms with Gasteiger partial charge in [0.05, 0.1) is 23.9 Å². The van der Waals surface area contributed by atoms with Crippen LogP contribution in [-0.4, -0.2) is 30.1 Å². The zero-order valence-electron chi connectivity index (χ0n) is 17.6. The summed E-state index contributed by atoms with van der Waals surface area (Å²) >= 11 is 0. The normalized spacial score (nSPS) is 15.4. The molecule has 31 heavy (non-hydrogen) atoms. The Hall–Kier alpha value is -3.67. The Balaban J connectivity index is 1.85. The maximum atomic E-state index is 13.1. The number of pyridine rings is 1. The molecule has 0 bridgehead atoms. The zero-order valence-corrected chi connectivity index (χ0v) is 17.6. The molecule has 0 fully saturated rings. The average Bonchev–Trinajstić information content (AvgIpc) is 2.78. The van der Waals surface area contributed by atoms with E-state index in [4.69, 9.17) is 20.2 Å². The molecule has 0 aliphatic heterocycles. The molecule has 2 aromatic carbocycles. The van der Waals surface area contributed by atoms with Crippen LogP contribution in [0.5, 0.6) is 5.75 Å². The summed E-state index contributed by atoms with van der Waals surface area (Å²) in [6.07, 6.45) is 3.55. The maximum Gasteiger partial charge on any atom is 0.339 e. The maximum absolute atomic E-state index is 13.1. The van der Waals surface area contributed by atoms with Crippen molar-refractivity contribution < 1.29 is 19.1 Å². The van der Waals surface area contributed by atoms with Gasteiger partial charge in [0.1, 0.15) is 5.75 Å². The fraction of sp³-hybridized carbons (Fsp3) is 0.240. The van der Waals surface area contributed by atoms with Gasteiger partial charge in [-0.05, 0) is 67.2 Å². The number of nitrogens with zero attached hydrogens (tertiary/aromatic N) is 1. The summed E-state index contributed by atoms with van der Waals surface area (Å²) in [4.78, 5) is 29.4. The van der Waals surface area contributed by atoms with Gasteiger partial charge in [-0.15, -0.1) is 0 Å². The molecule has 6 heteroatoms. The molecular formula is C25H24N2O4. The fourth-order valence-corrected chi connectivity index (χ4v) is 3.89. The quantitative estimate of drug-likeness (QED) is 0.631. The number of fused-ring (bicyclic) bond motifs is 2. The Labute approximate surface area is 180 Å². The smallest absolute Gasteiger partial charge is 0.339 e. The van der Waals surface area contributed by atoms with Crippen LogP contribution in [0, 0.1) is 0 Å². The fourth-order valence-electron chi connectivity index (χ4n) is 3.89. The molecule has 0 radical (unpaired) electrons. The van der Waals surface area contributed by atoms with Crippen LogP contribution >= 0.6 is 0 Å². The lowest BCUT2D eigenvalue weighted by molar-refractivity contribution is -0.125. The van der Waals surface area contributed by atoms with Gasteiger partial charge >= 0.3 is 5.97 Å². The van der Waals surface area contributed by atoms with Crippen LogP contribution < -0.4 is 10.5 Å². The Kier molecular flexibility index (Phi) is 5.71. The zero-order chi connectivity index (χ0) is 22.0. The van der Waals surface area contributed by atoms with Gasteiger partial charge in [0.15, 0.2) is 6.10 Å². The van der Waals surface area contributed by atoms with Gasteiger partial charge < -0.3 is 15.2 Å². The highest BCUT2D eigenvalue weighted by Crippen LogP contribution is 2.36. The molecule has 1 aliphatic rings. The van der Waals surface area contributed by atoms with Gasteiger partial charge in [-0.25, -0.2) is 9.78 Å².